The number of piperazine rings is 1. The molecule has 0 unspecified atom stereocenters. The Kier molecular flexibility index (Phi) is 5.00. The SMILES string of the molecule is Cc1cc(NCC(=O)N2CCN(C=O)CC2)ccc1Br. The summed E-state index contributed by atoms with van der Waals surface area (Å²) in [5.41, 5.74) is 2.06. The van der Waals surface area contributed by atoms with Gasteiger partial charge in [0, 0.05) is 36.3 Å². The summed E-state index contributed by atoms with van der Waals surface area (Å²) < 4.78 is 1.05. The molecule has 20 heavy (non-hydrogen) atoms. The van der Waals surface area contributed by atoms with Crippen LogP contribution in [0.5, 0.6) is 0 Å². The van der Waals surface area contributed by atoms with Gasteiger partial charge in [-0.05, 0) is 30.7 Å². The third-order valence-electron chi connectivity index (χ3n) is 3.42. The van der Waals surface area contributed by atoms with Crippen LogP contribution in [0, 0.1) is 6.92 Å². The summed E-state index contributed by atoms with van der Waals surface area (Å²) >= 11 is 3.45. The Morgan fingerprint density at radius 2 is 2.05 bits per heavy atom. The van der Waals surface area contributed by atoms with E-state index in [9.17, 15) is 9.59 Å². The van der Waals surface area contributed by atoms with Gasteiger partial charge in [0.2, 0.25) is 12.3 Å². The smallest absolute Gasteiger partial charge is 0.241 e. The van der Waals surface area contributed by atoms with Gasteiger partial charge in [0.15, 0.2) is 0 Å². The zero-order chi connectivity index (χ0) is 14.5. The van der Waals surface area contributed by atoms with E-state index in [1.807, 2.05) is 25.1 Å². The number of anilines is 1. The minimum Gasteiger partial charge on any atom is -0.376 e. The first-order valence-electron chi connectivity index (χ1n) is 6.57. The van der Waals surface area contributed by atoms with E-state index in [1.54, 1.807) is 9.80 Å². The van der Waals surface area contributed by atoms with Gasteiger partial charge in [0.25, 0.3) is 0 Å². The van der Waals surface area contributed by atoms with Crippen LogP contribution in [0.1, 0.15) is 5.56 Å². The lowest BCUT2D eigenvalue weighted by Crippen LogP contribution is -2.49. The normalized spacial score (nSPS) is 15.1. The van der Waals surface area contributed by atoms with E-state index in [2.05, 4.69) is 21.2 Å². The molecule has 1 N–H and O–H groups in total. The highest BCUT2D eigenvalue weighted by Crippen LogP contribution is 2.19. The molecule has 0 aromatic heterocycles. The predicted molar refractivity (Wildman–Crippen MR) is 81.6 cm³/mol. The van der Waals surface area contributed by atoms with Gasteiger partial charge >= 0.3 is 0 Å². The van der Waals surface area contributed by atoms with Crippen molar-refractivity contribution in [2.75, 3.05) is 38.0 Å². The van der Waals surface area contributed by atoms with Gasteiger partial charge in [-0.1, -0.05) is 15.9 Å². The highest BCUT2D eigenvalue weighted by atomic mass is 79.9. The predicted octanol–water partition coefficient (Wildman–Crippen LogP) is 1.47. The third-order valence-corrected chi connectivity index (χ3v) is 4.31. The lowest BCUT2D eigenvalue weighted by atomic mass is 10.2. The number of rotatable bonds is 4. The number of benzene rings is 1. The number of hydrogen-bond donors (Lipinski definition) is 1. The van der Waals surface area contributed by atoms with Crippen LogP contribution in [0.15, 0.2) is 22.7 Å². The molecule has 1 aliphatic heterocycles. The van der Waals surface area contributed by atoms with Crippen LogP contribution >= 0.6 is 15.9 Å². The first-order chi connectivity index (χ1) is 9.60. The molecule has 2 rings (SSSR count). The van der Waals surface area contributed by atoms with Crippen LogP contribution in [0.25, 0.3) is 0 Å². The monoisotopic (exact) mass is 339 g/mol. The summed E-state index contributed by atoms with van der Waals surface area (Å²) in [6.45, 7) is 4.74. The van der Waals surface area contributed by atoms with Crippen molar-refractivity contribution in [1.29, 1.82) is 0 Å². The molecular formula is C14H18BrN3O2. The number of aryl methyl sites for hydroxylation is 1. The maximum absolute atomic E-state index is 12.1. The molecule has 1 fully saturated rings. The van der Waals surface area contributed by atoms with Crippen LogP contribution in [0.2, 0.25) is 0 Å². The molecule has 6 heteroatoms. The van der Waals surface area contributed by atoms with Crippen molar-refractivity contribution in [1.82, 2.24) is 9.80 Å². The topological polar surface area (TPSA) is 52.7 Å². The van der Waals surface area contributed by atoms with Gasteiger partial charge in [-0.2, -0.15) is 0 Å². The Morgan fingerprint density at radius 1 is 1.35 bits per heavy atom. The number of nitrogens with zero attached hydrogens (tertiary/aromatic N) is 2. The van der Waals surface area contributed by atoms with Crippen molar-refractivity contribution >= 4 is 33.9 Å². The lowest BCUT2D eigenvalue weighted by molar-refractivity contribution is -0.133. The van der Waals surface area contributed by atoms with Gasteiger partial charge < -0.3 is 15.1 Å². The number of carbonyl (C=O) groups excluding carboxylic acids is 2. The largest absolute Gasteiger partial charge is 0.376 e. The summed E-state index contributed by atoms with van der Waals surface area (Å²) in [6.07, 6.45) is 0.838. The summed E-state index contributed by atoms with van der Waals surface area (Å²) in [5.74, 6) is 0.0659. The maximum atomic E-state index is 12.1. The Morgan fingerprint density at radius 3 is 2.65 bits per heavy atom. The number of hydrogen-bond acceptors (Lipinski definition) is 3. The van der Waals surface area contributed by atoms with Crippen molar-refractivity contribution in [2.45, 2.75) is 6.92 Å². The molecule has 0 radical (unpaired) electrons. The fourth-order valence-corrected chi connectivity index (χ4v) is 2.37. The Balaban J connectivity index is 1.83. The van der Waals surface area contributed by atoms with Crippen molar-refractivity contribution in [3.63, 3.8) is 0 Å². The fraction of sp³-hybridized carbons (Fsp3) is 0.429. The van der Waals surface area contributed by atoms with Crippen LogP contribution in [0.3, 0.4) is 0 Å². The van der Waals surface area contributed by atoms with E-state index < -0.39 is 0 Å². The minimum absolute atomic E-state index is 0.0659. The molecule has 1 aromatic rings. The first kappa shape index (κ1) is 14.8. The van der Waals surface area contributed by atoms with E-state index in [1.165, 1.54) is 0 Å². The Hall–Kier alpha value is -1.56. The summed E-state index contributed by atoms with van der Waals surface area (Å²) in [4.78, 5) is 26.2. The van der Waals surface area contributed by atoms with Gasteiger partial charge in [0.1, 0.15) is 0 Å². The average Bonchev–Trinajstić information content (AvgIpc) is 2.48. The average molecular weight is 340 g/mol. The quantitative estimate of drug-likeness (QED) is 0.845. The second-order valence-corrected chi connectivity index (χ2v) is 5.69. The molecule has 0 spiro atoms. The Labute approximate surface area is 127 Å². The van der Waals surface area contributed by atoms with Crippen LogP contribution < -0.4 is 5.32 Å². The summed E-state index contributed by atoms with van der Waals surface area (Å²) in [7, 11) is 0. The van der Waals surface area contributed by atoms with E-state index in [4.69, 9.17) is 0 Å². The second kappa shape index (κ2) is 6.74. The van der Waals surface area contributed by atoms with Gasteiger partial charge in [-0.15, -0.1) is 0 Å². The molecule has 0 aliphatic carbocycles. The molecule has 1 aromatic carbocycles. The maximum Gasteiger partial charge on any atom is 0.241 e. The standard InChI is InChI=1S/C14H18BrN3O2/c1-11-8-12(2-3-13(11)15)16-9-14(20)18-6-4-17(10-19)5-7-18/h2-3,8,10,16H,4-7,9H2,1H3. The van der Waals surface area contributed by atoms with Crippen molar-refractivity contribution in [3.05, 3.63) is 28.2 Å². The van der Waals surface area contributed by atoms with E-state index in [0.717, 1.165) is 22.1 Å². The molecule has 1 heterocycles. The van der Waals surface area contributed by atoms with E-state index >= 15 is 0 Å². The van der Waals surface area contributed by atoms with Crippen molar-refractivity contribution in [2.24, 2.45) is 0 Å². The highest BCUT2D eigenvalue weighted by Gasteiger charge is 2.19. The molecule has 5 nitrogen and oxygen atoms in total. The first-order valence-corrected chi connectivity index (χ1v) is 7.36. The number of halogens is 1. The number of nitrogens with one attached hydrogen (secondary N) is 1. The van der Waals surface area contributed by atoms with Crippen LogP contribution in [0.4, 0.5) is 5.69 Å². The molecule has 2 amide bonds. The number of carbonyl (C=O) groups is 2. The van der Waals surface area contributed by atoms with Gasteiger partial charge in [-0.3, -0.25) is 9.59 Å². The molecular weight excluding hydrogens is 322 g/mol. The minimum atomic E-state index is 0.0659. The van der Waals surface area contributed by atoms with Crippen LogP contribution in [-0.4, -0.2) is 54.8 Å². The lowest BCUT2D eigenvalue weighted by Gasteiger charge is -2.32. The van der Waals surface area contributed by atoms with E-state index in [0.29, 0.717) is 26.2 Å². The summed E-state index contributed by atoms with van der Waals surface area (Å²) in [6, 6.07) is 5.90. The second-order valence-electron chi connectivity index (χ2n) is 4.84. The Bertz CT molecular complexity index is 499. The van der Waals surface area contributed by atoms with Crippen LogP contribution in [-0.2, 0) is 9.59 Å². The van der Waals surface area contributed by atoms with E-state index in [-0.39, 0.29) is 12.5 Å². The molecule has 108 valence electrons. The molecule has 0 saturated carbocycles. The zero-order valence-corrected chi connectivity index (χ0v) is 13.0. The number of amides is 2. The zero-order valence-electron chi connectivity index (χ0n) is 11.4. The van der Waals surface area contributed by atoms with Gasteiger partial charge in [0.05, 0.1) is 6.54 Å². The molecule has 0 bridgehead atoms. The summed E-state index contributed by atoms with van der Waals surface area (Å²) in [5, 5.41) is 3.14. The molecule has 1 saturated heterocycles. The van der Waals surface area contributed by atoms with Gasteiger partial charge in [-0.25, -0.2) is 0 Å². The fourth-order valence-electron chi connectivity index (χ4n) is 2.12. The highest BCUT2D eigenvalue weighted by molar-refractivity contribution is 9.10. The van der Waals surface area contributed by atoms with Crippen molar-refractivity contribution < 1.29 is 9.59 Å². The third kappa shape index (κ3) is 3.72. The van der Waals surface area contributed by atoms with Crippen molar-refractivity contribution in [3.8, 4) is 0 Å². The molecule has 0 atom stereocenters. The molecule has 1 aliphatic rings.